The molecule has 9 heteroatoms. The molecule has 0 saturated carbocycles. The van der Waals surface area contributed by atoms with Crippen molar-refractivity contribution < 1.29 is 24.1 Å². The molecule has 9 nitrogen and oxygen atoms in total. The highest BCUT2D eigenvalue weighted by Gasteiger charge is 2.03. The quantitative estimate of drug-likeness (QED) is 0.188. The number of azide groups is 1. The lowest BCUT2D eigenvalue weighted by atomic mass is 10.6. The first-order chi connectivity index (χ1) is 8.66. The number of hydrogen-bond acceptors (Lipinski definition) is 5. The van der Waals surface area contributed by atoms with E-state index in [1.165, 1.54) is 0 Å². The molecule has 104 valence electrons. The average Bonchev–Trinajstić information content (AvgIpc) is 2.30. The number of amides is 1. The molecule has 0 aromatic rings. The highest BCUT2D eigenvalue weighted by molar-refractivity contribution is 5.64. The van der Waals surface area contributed by atoms with E-state index in [4.69, 9.17) is 24.8 Å². The fraction of sp³-hybridized carbons (Fsp3) is 0.889. The zero-order valence-corrected chi connectivity index (χ0v) is 10.2. The summed E-state index contributed by atoms with van der Waals surface area (Å²) in [7, 11) is 0. The Morgan fingerprint density at radius 1 is 1.33 bits per heavy atom. The second-order valence-electron chi connectivity index (χ2n) is 3.14. The average molecular weight is 262 g/mol. The van der Waals surface area contributed by atoms with Crippen molar-refractivity contribution in [2.45, 2.75) is 13.2 Å². The third-order valence-corrected chi connectivity index (χ3v) is 1.69. The summed E-state index contributed by atoms with van der Waals surface area (Å²) >= 11 is 0. The number of hydrogen-bond donors (Lipinski definition) is 2. The molecule has 0 spiro atoms. The zero-order chi connectivity index (χ0) is 13.6. The van der Waals surface area contributed by atoms with Gasteiger partial charge in [-0.3, -0.25) is 5.32 Å². The van der Waals surface area contributed by atoms with Gasteiger partial charge in [0.05, 0.1) is 33.0 Å². The molecule has 0 saturated heterocycles. The Balaban J connectivity index is 3.16. The van der Waals surface area contributed by atoms with E-state index in [0.717, 1.165) is 0 Å². The highest BCUT2D eigenvalue weighted by Crippen LogP contribution is 1.87. The maximum Gasteiger partial charge on any atom is 0.406 e. The molecule has 1 amide bonds. The van der Waals surface area contributed by atoms with Crippen LogP contribution < -0.4 is 5.32 Å². The molecule has 2 N–H and O–H groups in total. The summed E-state index contributed by atoms with van der Waals surface area (Å²) < 4.78 is 15.4. The third-order valence-electron chi connectivity index (χ3n) is 1.69. The fourth-order valence-electron chi connectivity index (χ4n) is 0.971. The summed E-state index contributed by atoms with van der Waals surface area (Å²) in [5.41, 5.74) is 7.99. The first-order valence-corrected chi connectivity index (χ1v) is 5.44. The van der Waals surface area contributed by atoms with E-state index in [-0.39, 0.29) is 0 Å². The number of nitrogens with zero attached hydrogens (tertiary/aromatic N) is 3. The smallest absolute Gasteiger partial charge is 0.406 e. The molecule has 0 aromatic heterocycles. The van der Waals surface area contributed by atoms with Gasteiger partial charge in [0.1, 0.15) is 6.23 Å². The van der Waals surface area contributed by atoms with Gasteiger partial charge in [0.2, 0.25) is 0 Å². The normalized spacial score (nSPS) is 11.6. The molecule has 0 radical (unpaired) electrons. The van der Waals surface area contributed by atoms with Crippen LogP contribution >= 0.6 is 0 Å². The first-order valence-electron chi connectivity index (χ1n) is 5.44. The van der Waals surface area contributed by atoms with Crippen LogP contribution in [0.2, 0.25) is 0 Å². The van der Waals surface area contributed by atoms with Crippen molar-refractivity contribution in [3.63, 3.8) is 0 Å². The van der Waals surface area contributed by atoms with Gasteiger partial charge in [0.15, 0.2) is 0 Å². The van der Waals surface area contributed by atoms with E-state index in [2.05, 4.69) is 15.3 Å². The number of nitrogens with one attached hydrogen (secondary N) is 1. The number of carboxylic acid groups (broad SMARTS) is 1. The van der Waals surface area contributed by atoms with Gasteiger partial charge in [-0.05, 0) is 12.5 Å². The first kappa shape index (κ1) is 16.5. The Bertz CT molecular complexity index is 270. The number of rotatable bonds is 11. The van der Waals surface area contributed by atoms with Crippen LogP contribution in [0.3, 0.4) is 0 Å². The molecule has 1 atom stereocenters. The minimum Gasteiger partial charge on any atom is -0.465 e. The summed E-state index contributed by atoms with van der Waals surface area (Å²) in [5, 5.41) is 13.8. The molecule has 0 heterocycles. The van der Waals surface area contributed by atoms with Crippen molar-refractivity contribution in [3.05, 3.63) is 10.4 Å². The molecule has 0 aliphatic rings. The predicted molar refractivity (Wildman–Crippen MR) is 62.2 cm³/mol. The van der Waals surface area contributed by atoms with Gasteiger partial charge in [-0.25, -0.2) is 4.79 Å². The number of ether oxygens (including phenoxy) is 3. The van der Waals surface area contributed by atoms with Gasteiger partial charge in [0, 0.05) is 11.5 Å². The topological polar surface area (TPSA) is 126 Å². The standard InChI is InChI=1S/C9H18N4O5/c1-8(12-9(14)15)18-7-6-17-5-4-16-3-2-11-13-10/h8,12H,2-7H2,1H3,(H,14,15). The largest absolute Gasteiger partial charge is 0.465 e. The van der Waals surface area contributed by atoms with E-state index in [1.54, 1.807) is 6.92 Å². The van der Waals surface area contributed by atoms with Crippen molar-refractivity contribution in [2.75, 3.05) is 39.6 Å². The van der Waals surface area contributed by atoms with Crippen molar-refractivity contribution >= 4 is 6.09 Å². The van der Waals surface area contributed by atoms with Gasteiger partial charge in [-0.15, -0.1) is 0 Å². The molecular formula is C9H18N4O5. The Morgan fingerprint density at radius 3 is 2.56 bits per heavy atom. The van der Waals surface area contributed by atoms with Crippen LogP contribution in [0, 0.1) is 0 Å². The van der Waals surface area contributed by atoms with E-state index in [1.807, 2.05) is 0 Å². The fourth-order valence-corrected chi connectivity index (χ4v) is 0.971. The Labute approximate surface area is 105 Å². The van der Waals surface area contributed by atoms with Crippen LogP contribution in [0.1, 0.15) is 6.92 Å². The van der Waals surface area contributed by atoms with Crippen LogP contribution in [0.25, 0.3) is 10.4 Å². The van der Waals surface area contributed by atoms with Gasteiger partial charge in [-0.2, -0.15) is 0 Å². The molecular weight excluding hydrogens is 244 g/mol. The summed E-state index contributed by atoms with van der Waals surface area (Å²) in [4.78, 5) is 12.8. The van der Waals surface area contributed by atoms with E-state index < -0.39 is 12.3 Å². The summed E-state index contributed by atoms with van der Waals surface area (Å²) in [6.45, 7) is 3.71. The minimum atomic E-state index is -1.13. The van der Waals surface area contributed by atoms with Crippen molar-refractivity contribution in [1.29, 1.82) is 0 Å². The maximum atomic E-state index is 10.2. The van der Waals surface area contributed by atoms with Crippen LogP contribution in [0.4, 0.5) is 4.79 Å². The number of carbonyl (C=O) groups is 1. The van der Waals surface area contributed by atoms with Gasteiger partial charge in [0.25, 0.3) is 0 Å². The monoisotopic (exact) mass is 262 g/mol. The second-order valence-corrected chi connectivity index (χ2v) is 3.14. The molecule has 0 aliphatic carbocycles. The van der Waals surface area contributed by atoms with Crippen LogP contribution in [-0.4, -0.2) is 57.0 Å². The molecule has 0 aliphatic heterocycles. The van der Waals surface area contributed by atoms with Gasteiger partial charge >= 0.3 is 6.09 Å². The lowest BCUT2D eigenvalue weighted by molar-refractivity contribution is -0.0132. The van der Waals surface area contributed by atoms with Crippen LogP contribution in [0.5, 0.6) is 0 Å². The van der Waals surface area contributed by atoms with Crippen molar-refractivity contribution in [1.82, 2.24) is 5.32 Å². The van der Waals surface area contributed by atoms with E-state index in [0.29, 0.717) is 39.6 Å². The van der Waals surface area contributed by atoms with Crippen LogP contribution in [-0.2, 0) is 14.2 Å². The second kappa shape index (κ2) is 11.9. The maximum absolute atomic E-state index is 10.2. The SMILES string of the molecule is CC(NC(=O)O)OCCOCCOCCN=[N+]=[N-]. The van der Waals surface area contributed by atoms with Gasteiger partial charge in [-0.1, -0.05) is 5.11 Å². The predicted octanol–water partition coefficient (Wildman–Crippen LogP) is 0.960. The molecule has 0 rings (SSSR count). The minimum absolute atomic E-state index is 0.292. The molecule has 0 fully saturated rings. The molecule has 18 heavy (non-hydrogen) atoms. The Kier molecular flexibility index (Phi) is 10.9. The van der Waals surface area contributed by atoms with Crippen molar-refractivity contribution in [2.24, 2.45) is 5.11 Å². The third kappa shape index (κ3) is 12.5. The lowest BCUT2D eigenvalue weighted by Gasteiger charge is -2.12. The summed E-state index contributed by atoms with van der Waals surface area (Å²) in [6.07, 6.45) is -1.69. The Hall–Kier alpha value is -1.54. The van der Waals surface area contributed by atoms with Crippen LogP contribution in [0.15, 0.2) is 5.11 Å². The summed E-state index contributed by atoms with van der Waals surface area (Å²) in [6, 6.07) is 0. The van der Waals surface area contributed by atoms with Crippen molar-refractivity contribution in [3.8, 4) is 0 Å². The molecule has 1 unspecified atom stereocenters. The zero-order valence-electron chi connectivity index (χ0n) is 10.2. The summed E-state index contributed by atoms with van der Waals surface area (Å²) in [5.74, 6) is 0. The van der Waals surface area contributed by atoms with E-state index >= 15 is 0 Å². The molecule has 0 bridgehead atoms. The highest BCUT2D eigenvalue weighted by atomic mass is 16.6. The van der Waals surface area contributed by atoms with E-state index in [9.17, 15) is 4.79 Å². The van der Waals surface area contributed by atoms with Gasteiger partial charge < -0.3 is 19.3 Å². The Morgan fingerprint density at radius 2 is 1.94 bits per heavy atom. The molecule has 0 aromatic carbocycles. The lowest BCUT2D eigenvalue weighted by Crippen LogP contribution is -2.34.